The van der Waals surface area contributed by atoms with Crippen LogP contribution in [0.2, 0.25) is 10.0 Å². The Balaban J connectivity index is 2.58. The van der Waals surface area contributed by atoms with Crippen molar-refractivity contribution in [2.75, 3.05) is 13.1 Å². The van der Waals surface area contributed by atoms with Crippen molar-refractivity contribution < 1.29 is 8.42 Å². The molecule has 1 aromatic carbocycles. The summed E-state index contributed by atoms with van der Waals surface area (Å²) in [6.07, 6.45) is 1.19. The number of hydrogen-bond donors (Lipinski definition) is 1. The summed E-state index contributed by atoms with van der Waals surface area (Å²) in [7, 11) is -3.62. The molecule has 0 aliphatic rings. The summed E-state index contributed by atoms with van der Waals surface area (Å²) >= 11 is 11.5. The fraction of sp³-hybridized carbons (Fsp3) is 0.400. The maximum absolute atomic E-state index is 11.9. The number of unbranched alkanes of at least 4 members (excludes halogenated alkanes) is 1. The van der Waals surface area contributed by atoms with Gasteiger partial charge in [0.2, 0.25) is 10.0 Å². The Kier molecular flexibility index (Phi) is 6.41. The van der Waals surface area contributed by atoms with E-state index >= 15 is 0 Å². The number of rotatable bonds is 7. The second kappa shape index (κ2) is 7.57. The van der Waals surface area contributed by atoms with Gasteiger partial charge in [0.25, 0.3) is 0 Å². The average Bonchev–Trinajstić information content (AvgIpc) is 2.32. The third-order valence-electron chi connectivity index (χ3n) is 2.19. The smallest absolute Gasteiger partial charge is 0.211 e. The van der Waals surface area contributed by atoms with Crippen molar-refractivity contribution >= 4 is 33.2 Å². The predicted molar refractivity (Wildman–Crippen MR) is 74.9 cm³/mol. The normalized spacial score (nSPS) is 11.1. The van der Waals surface area contributed by atoms with Crippen molar-refractivity contribution in [2.45, 2.75) is 17.7 Å². The Morgan fingerprint density at radius 3 is 2.42 bits per heavy atom. The number of azide groups is 1. The molecule has 6 nitrogen and oxygen atoms in total. The Morgan fingerprint density at radius 2 is 1.84 bits per heavy atom. The van der Waals surface area contributed by atoms with Crippen molar-refractivity contribution in [3.8, 4) is 0 Å². The van der Waals surface area contributed by atoms with Crippen LogP contribution in [0.4, 0.5) is 0 Å². The number of nitrogens with one attached hydrogen (secondary N) is 1. The van der Waals surface area contributed by atoms with Crippen molar-refractivity contribution in [3.63, 3.8) is 0 Å². The highest BCUT2D eigenvalue weighted by atomic mass is 35.5. The van der Waals surface area contributed by atoms with Crippen LogP contribution in [0.15, 0.2) is 28.2 Å². The zero-order chi connectivity index (χ0) is 14.3. The SMILES string of the molecule is [N-]=[N+]=NCCCCNS(=O)(=O)c1cc(Cl)cc(Cl)c1. The molecule has 0 heterocycles. The second-order valence-corrected chi connectivity index (χ2v) is 6.30. The maximum atomic E-state index is 11.9. The van der Waals surface area contributed by atoms with Crippen LogP contribution in [-0.2, 0) is 10.0 Å². The first-order chi connectivity index (χ1) is 8.95. The number of hydrogen-bond acceptors (Lipinski definition) is 3. The first-order valence-electron chi connectivity index (χ1n) is 5.42. The highest BCUT2D eigenvalue weighted by molar-refractivity contribution is 7.89. The van der Waals surface area contributed by atoms with Gasteiger partial charge in [-0.15, -0.1) is 0 Å². The van der Waals surface area contributed by atoms with Crippen molar-refractivity contribution in [1.82, 2.24) is 4.72 Å². The van der Waals surface area contributed by atoms with Gasteiger partial charge in [-0.3, -0.25) is 0 Å². The van der Waals surface area contributed by atoms with Crippen molar-refractivity contribution in [3.05, 3.63) is 38.7 Å². The molecule has 0 aliphatic carbocycles. The molecule has 1 N–H and O–H groups in total. The molecule has 0 spiro atoms. The Bertz CT molecular complexity index is 565. The molecule has 0 saturated heterocycles. The van der Waals surface area contributed by atoms with Crippen LogP contribution in [0.3, 0.4) is 0 Å². The Morgan fingerprint density at radius 1 is 1.21 bits per heavy atom. The van der Waals surface area contributed by atoms with Crippen LogP contribution in [0.5, 0.6) is 0 Å². The number of nitrogens with zero attached hydrogens (tertiary/aromatic N) is 3. The van der Waals surface area contributed by atoms with Crippen LogP contribution in [0, 0.1) is 0 Å². The number of benzene rings is 1. The van der Waals surface area contributed by atoms with Gasteiger partial charge in [0.15, 0.2) is 0 Å². The molecule has 1 aromatic rings. The molecular weight excluding hydrogens is 311 g/mol. The lowest BCUT2D eigenvalue weighted by Gasteiger charge is -2.07. The van der Waals surface area contributed by atoms with Crippen LogP contribution in [0.1, 0.15) is 12.8 Å². The summed E-state index contributed by atoms with van der Waals surface area (Å²) in [6, 6.07) is 4.12. The Hall–Kier alpha value is -0.980. The molecule has 0 atom stereocenters. The molecule has 0 amide bonds. The standard InChI is InChI=1S/C10H12Cl2N4O2S/c11-8-5-9(12)7-10(6-8)19(17,18)15-4-2-1-3-14-16-13/h5-7,15H,1-4H2. The molecule has 19 heavy (non-hydrogen) atoms. The average molecular weight is 323 g/mol. The molecule has 9 heteroatoms. The summed E-state index contributed by atoms with van der Waals surface area (Å²) in [5.41, 5.74) is 8.07. The molecule has 0 saturated carbocycles. The largest absolute Gasteiger partial charge is 0.240 e. The first-order valence-corrected chi connectivity index (χ1v) is 7.66. The van der Waals surface area contributed by atoms with Gasteiger partial charge < -0.3 is 0 Å². The van der Waals surface area contributed by atoms with E-state index in [0.717, 1.165) is 0 Å². The van der Waals surface area contributed by atoms with E-state index in [-0.39, 0.29) is 21.5 Å². The van der Waals surface area contributed by atoms with Crippen LogP contribution in [-0.4, -0.2) is 21.5 Å². The summed E-state index contributed by atoms with van der Waals surface area (Å²) in [6.45, 7) is 0.606. The molecule has 0 fully saturated rings. The highest BCUT2D eigenvalue weighted by Gasteiger charge is 2.14. The van der Waals surface area contributed by atoms with Gasteiger partial charge in [-0.2, -0.15) is 0 Å². The lowest BCUT2D eigenvalue weighted by molar-refractivity contribution is 0.577. The maximum Gasteiger partial charge on any atom is 0.240 e. The van der Waals surface area contributed by atoms with Crippen molar-refractivity contribution in [2.24, 2.45) is 5.11 Å². The minimum Gasteiger partial charge on any atom is -0.211 e. The second-order valence-electron chi connectivity index (χ2n) is 3.66. The summed E-state index contributed by atoms with van der Waals surface area (Å²) < 4.78 is 26.3. The van der Waals surface area contributed by atoms with Gasteiger partial charge in [-0.1, -0.05) is 28.3 Å². The monoisotopic (exact) mass is 322 g/mol. The number of halogens is 2. The van der Waals surface area contributed by atoms with Gasteiger partial charge in [0, 0.05) is 28.0 Å². The lowest BCUT2D eigenvalue weighted by atomic mass is 10.3. The molecule has 0 aromatic heterocycles. The van der Waals surface area contributed by atoms with Gasteiger partial charge in [-0.25, -0.2) is 13.1 Å². The molecule has 0 bridgehead atoms. The van der Waals surface area contributed by atoms with Crippen LogP contribution < -0.4 is 4.72 Å². The lowest BCUT2D eigenvalue weighted by Crippen LogP contribution is -2.24. The molecule has 104 valence electrons. The minimum atomic E-state index is -3.62. The fourth-order valence-electron chi connectivity index (χ4n) is 1.33. The quantitative estimate of drug-likeness (QED) is 0.360. The summed E-state index contributed by atoms with van der Waals surface area (Å²) in [5.74, 6) is 0. The summed E-state index contributed by atoms with van der Waals surface area (Å²) in [4.78, 5) is 2.63. The van der Waals surface area contributed by atoms with E-state index in [2.05, 4.69) is 14.7 Å². The third kappa shape index (κ3) is 5.67. The molecule has 0 radical (unpaired) electrons. The third-order valence-corrected chi connectivity index (χ3v) is 4.06. The van der Waals surface area contributed by atoms with Gasteiger partial charge in [-0.05, 0) is 36.6 Å². The van der Waals surface area contributed by atoms with E-state index in [1.54, 1.807) is 0 Å². The zero-order valence-electron chi connectivity index (χ0n) is 9.88. The zero-order valence-corrected chi connectivity index (χ0v) is 12.2. The fourth-order valence-corrected chi connectivity index (χ4v) is 3.13. The first kappa shape index (κ1) is 16.1. The van der Waals surface area contributed by atoms with Crippen molar-refractivity contribution in [1.29, 1.82) is 0 Å². The molecule has 0 unspecified atom stereocenters. The predicted octanol–water partition coefficient (Wildman–Crippen LogP) is 3.36. The van der Waals surface area contributed by atoms with E-state index in [1.807, 2.05) is 0 Å². The summed E-state index contributed by atoms with van der Waals surface area (Å²) in [5, 5.41) is 3.88. The van der Waals surface area contributed by atoms with Gasteiger partial charge >= 0.3 is 0 Å². The Labute approximate surface area is 121 Å². The minimum absolute atomic E-state index is 0.0278. The van der Waals surface area contributed by atoms with Crippen LogP contribution >= 0.6 is 23.2 Å². The van der Waals surface area contributed by atoms with E-state index in [0.29, 0.717) is 19.4 Å². The molecule has 0 aliphatic heterocycles. The van der Waals surface area contributed by atoms with E-state index in [1.165, 1.54) is 18.2 Å². The molecular formula is C10H12Cl2N4O2S. The van der Waals surface area contributed by atoms with Crippen LogP contribution in [0.25, 0.3) is 10.4 Å². The highest BCUT2D eigenvalue weighted by Crippen LogP contribution is 2.22. The number of sulfonamides is 1. The van der Waals surface area contributed by atoms with Gasteiger partial charge in [0.05, 0.1) is 4.90 Å². The topological polar surface area (TPSA) is 94.9 Å². The van der Waals surface area contributed by atoms with Gasteiger partial charge in [0.1, 0.15) is 0 Å². The van der Waals surface area contributed by atoms with E-state index in [4.69, 9.17) is 28.7 Å². The molecule has 1 rings (SSSR count). The van der Waals surface area contributed by atoms with E-state index < -0.39 is 10.0 Å². The van der Waals surface area contributed by atoms with E-state index in [9.17, 15) is 8.42 Å².